The van der Waals surface area contributed by atoms with E-state index in [0.29, 0.717) is 13.1 Å². The molecule has 1 unspecified atom stereocenters. The third kappa shape index (κ3) is 2.26. The zero-order chi connectivity index (χ0) is 12.4. The largest absolute Gasteiger partial charge is 0.328 e. The van der Waals surface area contributed by atoms with Gasteiger partial charge < -0.3 is 10.6 Å². The molecule has 0 spiro atoms. The molecule has 1 aromatic carbocycles. The fourth-order valence-corrected chi connectivity index (χ4v) is 2.15. The highest BCUT2D eigenvalue weighted by atomic mass is 16.2. The van der Waals surface area contributed by atoms with Gasteiger partial charge >= 0.3 is 6.03 Å². The van der Waals surface area contributed by atoms with Crippen LogP contribution in [0.5, 0.6) is 0 Å². The van der Waals surface area contributed by atoms with Gasteiger partial charge in [0.25, 0.3) is 0 Å². The topological polar surface area (TPSA) is 49.6 Å². The monoisotopic (exact) mass is 233 g/mol. The van der Waals surface area contributed by atoms with Gasteiger partial charge in [0.05, 0.1) is 0 Å². The van der Waals surface area contributed by atoms with Gasteiger partial charge in [-0.25, -0.2) is 4.79 Å². The number of hydrogen-bond donors (Lipinski definition) is 1. The highest BCUT2D eigenvalue weighted by Gasteiger charge is 2.27. The molecule has 2 N–H and O–H groups in total. The number of carbonyl (C=O) groups excluding carboxylic acids is 1. The van der Waals surface area contributed by atoms with Gasteiger partial charge in [0, 0.05) is 31.9 Å². The summed E-state index contributed by atoms with van der Waals surface area (Å²) in [5.41, 5.74) is 8.16. The van der Waals surface area contributed by atoms with Crippen molar-refractivity contribution in [3.8, 4) is 0 Å². The number of amides is 2. The molecule has 17 heavy (non-hydrogen) atoms. The molecule has 1 heterocycles. The summed E-state index contributed by atoms with van der Waals surface area (Å²) in [7, 11) is 1.81. The number of fused-ring (bicyclic) bond motifs is 1. The summed E-state index contributed by atoms with van der Waals surface area (Å²) in [5, 5.41) is 0. The average Bonchev–Trinajstić information content (AvgIpc) is 2.35. The molecule has 1 aliphatic heterocycles. The van der Waals surface area contributed by atoms with Crippen molar-refractivity contribution in [2.45, 2.75) is 19.4 Å². The number of urea groups is 1. The van der Waals surface area contributed by atoms with E-state index in [-0.39, 0.29) is 12.1 Å². The van der Waals surface area contributed by atoms with Gasteiger partial charge in [-0.3, -0.25) is 4.90 Å². The molecule has 0 aromatic heterocycles. The van der Waals surface area contributed by atoms with E-state index in [1.165, 1.54) is 0 Å². The summed E-state index contributed by atoms with van der Waals surface area (Å²) >= 11 is 0. The number of hydrogen-bond acceptors (Lipinski definition) is 2. The first kappa shape index (κ1) is 11.9. The van der Waals surface area contributed by atoms with E-state index < -0.39 is 0 Å². The smallest absolute Gasteiger partial charge is 0.324 e. The average molecular weight is 233 g/mol. The van der Waals surface area contributed by atoms with Crippen LogP contribution in [0.1, 0.15) is 12.5 Å². The summed E-state index contributed by atoms with van der Waals surface area (Å²) in [6, 6.07) is 8.03. The van der Waals surface area contributed by atoms with Gasteiger partial charge in [0.15, 0.2) is 0 Å². The molecule has 0 bridgehead atoms. The first-order valence-corrected chi connectivity index (χ1v) is 5.99. The Kier molecular flexibility index (Phi) is 3.33. The molecular formula is C13H19N3O. The minimum atomic E-state index is 0.0232. The lowest BCUT2D eigenvalue weighted by atomic mass is 9.99. The summed E-state index contributed by atoms with van der Waals surface area (Å²) in [5.74, 6) is 0. The molecule has 0 saturated carbocycles. The van der Waals surface area contributed by atoms with Crippen LogP contribution in [0.3, 0.4) is 0 Å². The van der Waals surface area contributed by atoms with Gasteiger partial charge in [0.2, 0.25) is 0 Å². The number of nitrogens with two attached hydrogens (primary N) is 1. The van der Waals surface area contributed by atoms with Crippen molar-refractivity contribution in [1.82, 2.24) is 4.90 Å². The second kappa shape index (κ2) is 4.75. The van der Waals surface area contributed by atoms with Gasteiger partial charge in [-0.1, -0.05) is 18.2 Å². The highest BCUT2D eigenvalue weighted by Crippen LogP contribution is 2.26. The molecule has 1 aromatic rings. The number of para-hydroxylation sites is 1. The normalized spacial score (nSPS) is 18.8. The Hall–Kier alpha value is -1.55. The summed E-state index contributed by atoms with van der Waals surface area (Å²) in [4.78, 5) is 15.7. The molecular weight excluding hydrogens is 214 g/mol. The second-order valence-electron chi connectivity index (χ2n) is 4.50. The standard InChI is InChI=1S/C13H19N3O/c1-3-15(2)13(17)16-9-11(14)8-10-6-4-5-7-12(10)16/h4-7,11H,3,8-9,14H2,1-2H3. The number of benzene rings is 1. The van der Waals surface area contributed by atoms with Crippen molar-refractivity contribution in [2.24, 2.45) is 5.73 Å². The zero-order valence-corrected chi connectivity index (χ0v) is 10.4. The maximum absolute atomic E-state index is 12.2. The first-order chi connectivity index (χ1) is 8.13. The molecule has 92 valence electrons. The molecule has 0 saturated heterocycles. The van der Waals surface area contributed by atoms with Crippen LogP contribution in [0, 0.1) is 0 Å². The van der Waals surface area contributed by atoms with E-state index in [2.05, 4.69) is 0 Å². The maximum atomic E-state index is 12.2. The van der Waals surface area contributed by atoms with E-state index in [4.69, 9.17) is 5.73 Å². The predicted molar refractivity (Wildman–Crippen MR) is 69.2 cm³/mol. The van der Waals surface area contributed by atoms with E-state index in [1.54, 1.807) is 9.80 Å². The molecule has 0 radical (unpaired) electrons. The van der Waals surface area contributed by atoms with Crippen LogP contribution in [0.4, 0.5) is 10.5 Å². The van der Waals surface area contributed by atoms with E-state index >= 15 is 0 Å². The van der Waals surface area contributed by atoms with Crippen molar-refractivity contribution in [2.75, 3.05) is 25.0 Å². The Labute approximate surface area is 102 Å². The third-order valence-corrected chi connectivity index (χ3v) is 3.21. The molecule has 4 heteroatoms. The van der Waals surface area contributed by atoms with Crippen LogP contribution in [-0.4, -0.2) is 37.1 Å². The van der Waals surface area contributed by atoms with E-state index in [1.807, 2.05) is 38.2 Å². The van der Waals surface area contributed by atoms with Crippen molar-refractivity contribution in [3.63, 3.8) is 0 Å². The second-order valence-corrected chi connectivity index (χ2v) is 4.50. The minimum Gasteiger partial charge on any atom is -0.328 e. The van der Waals surface area contributed by atoms with Crippen molar-refractivity contribution in [3.05, 3.63) is 29.8 Å². The lowest BCUT2D eigenvalue weighted by Crippen LogP contribution is -2.50. The van der Waals surface area contributed by atoms with Crippen molar-refractivity contribution in [1.29, 1.82) is 0 Å². The van der Waals surface area contributed by atoms with Gasteiger partial charge in [-0.15, -0.1) is 0 Å². The lowest BCUT2D eigenvalue weighted by Gasteiger charge is -2.35. The molecule has 1 atom stereocenters. The Balaban J connectivity index is 2.32. The minimum absolute atomic E-state index is 0.0232. The Bertz CT molecular complexity index is 419. The van der Waals surface area contributed by atoms with Crippen LogP contribution in [0.15, 0.2) is 24.3 Å². The quantitative estimate of drug-likeness (QED) is 0.798. The Morgan fingerprint density at radius 1 is 1.53 bits per heavy atom. The Morgan fingerprint density at radius 2 is 2.24 bits per heavy atom. The van der Waals surface area contributed by atoms with Gasteiger partial charge in [0.1, 0.15) is 0 Å². The molecule has 0 fully saturated rings. The number of nitrogens with zero attached hydrogens (tertiary/aromatic N) is 2. The highest BCUT2D eigenvalue weighted by molar-refractivity contribution is 5.93. The van der Waals surface area contributed by atoms with Crippen molar-refractivity contribution < 1.29 is 4.79 Å². The van der Waals surface area contributed by atoms with Crippen molar-refractivity contribution >= 4 is 11.7 Å². The third-order valence-electron chi connectivity index (χ3n) is 3.21. The Morgan fingerprint density at radius 3 is 2.94 bits per heavy atom. The van der Waals surface area contributed by atoms with Crippen LogP contribution >= 0.6 is 0 Å². The van der Waals surface area contributed by atoms with Crippen LogP contribution in [0.2, 0.25) is 0 Å². The maximum Gasteiger partial charge on any atom is 0.324 e. The molecule has 1 aliphatic rings. The van der Waals surface area contributed by atoms with Crippen LogP contribution in [-0.2, 0) is 6.42 Å². The van der Waals surface area contributed by atoms with E-state index in [0.717, 1.165) is 17.7 Å². The molecule has 2 amide bonds. The number of anilines is 1. The lowest BCUT2D eigenvalue weighted by molar-refractivity contribution is 0.216. The molecule has 0 aliphatic carbocycles. The first-order valence-electron chi connectivity index (χ1n) is 5.99. The summed E-state index contributed by atoms with van der Waals surface area (Å²) in [6.07, 6.45) is 0.843. The molecule has 4 nitrogen and oxygen atoms in total. The summed E-state index contributed by atoms with van der Waals surface area (Å²) < 4.78 is 0. The number of carbonyl (C=O) groups is 1. The van der Waals surface area contributed by atoms with Gasteiger partial charge in [-0.05, 0) is 25.0 Å². The fraction of sp³-hybridized carbons (Fsp3) is 0.462. The summed E-state index contributed by atoms with van der Waals surface area (Å²) in [6.45, 7) is 3.26. The molecule has 2 rings (SSSR count). The predicted octanol–water partition coefficient (Wildman–Crippen LogP) is 1.45. The number of rotatable bonds is 1. The zero-order valence-electron chi connectivity index (χ0n) is 10.4. The fourth-order valence-electron chi connectivity index (χ4n) is 2.15. The SMILES string of the molecule is CCN(C)C(=O)N1CC(N)Cc2ccccc21. The van der Waals surface area contributed by atoms with Crippen LogP contribution in [0.25, 0.3) is 0 Å². The van der Waals surface area contributed by atoms with E-state index in [9.17, 15) is 4.79 Å². The van der Waals surface area contributed by atoms with Gasteiger partial charge in [-0.2, -0.15) is 0 Å². The van der Waals surface area contributed by atoms with Crippen LogP contribution < -0.4 is 10.6 Å².